The van der Waals surface area contributed by atoms with Gasteiger partial charge in [-0.3, -0.25) is 4.79 Å². The standard InChI is InChI=1S/C12H20N2O2/c1-3-6-13-8-11-5-7-14(9-11)10-12(15)16-4-2/h5,7,9,13H,3-4,6,8,10H2,1-2H3. The van der Waals surface area contributed by atoms with Crippen molar-refractivity contribution in [1.29, 1.82) is 0 Å². The number of carbonyl (C=O) groups is 1. The Labute approximate surface area is 96.6 Å². The Morgan fingerprint density at radius 2 is 2.31 bits per heavy atom. The number of hydrogen-bond acceptors (Lipinski definition) is 3. The number of nitrogens with one attached hydrogen (secondary N) is 1. The van der Waals surface area contributed by atoms with Gasteiger partial charge in [0, 0.05) is 18.9 Å². The molecule has 0 unspecified atom stereocenters. The quantitative estimate of drug-likeness (QED) is 0.564. The maximum atomic E-state index is 11.2. The molecule has 16 heavy (non-hydrogen) atoms. The number of hydrogen-bond donors (Lipinski definition) is 1. The van der Waals surface area contributed by atoms with Crippen molar-refractivity contribution in [2.24, 2.45) is 0 Å². The molecule has 4 heteroatoms. The van der Waals surface area contributed by atoms with Gasteiger partial charge in [0.2, 0.25) is 0 Å². The van der Waals surface area contributed by atoms with Gasteiger partial charge in [-0.2, -0.15) is 0 Å². The first kappa shape index (κ1) is 12.8. The van der Waals surface area contributed by atoms with E-state index in [4.69, 9.17) is 4.74 Å². The van der Waals surface area contributed by atoms with Gasteiger partial charge in [0.15, 0.2) is 0 Å². The number of esters is 1. The summed E-state index contributed by atoms with van der Waals surface area (Å²) in [5.41, 5.74) is 1.19. The molecule has 1 heterocycles. The van der Waals surface area contributed by atoms with E-state index in [1.165, 1.54) is 5.56 Å². The molecular formula is C12H20N2O2. The van der Waals surface area contributed by atoms with Crippen LogP contribution in [-0.4, -0.2) is 23.7 Å². The van der Waals surface area contributed by atoms with E-state index in [0.29, 0.717) is 13.2 Å². The highest BCUT2D eigenvalue weighted by Gasteiger charge is 2.03. The van der Waals surface area contributed by atoms with Crippen LogP contribution in [0.5, 0.6) is 0 Å². The highest BCUT2D eigenvalue weighted by Crippen LogP contribution is 2.01. The number of ether oxygens (including phenoxy) is 1. The molecular weight excluding hydrogens is 204 g/mol. The van der Waals surface area contributed by atoms with Crippen molar-refractivity contribution in [3.8, 4) is 0 Å². The molecule has 1 N–H and O–H groups in total. The van der Waals surface area contributed by atoms with Crippen LogP contribution in [-0.2, 0) is 22.6 Å². The van der Waals surface area contributed by atoms with E-state index in [1.807, 2.05) is 30.0 Å². The molecule has 0 aromatic carbocycles. The zero-order valence-electron chi connectivity index (χ0n) is 10.0. The highest BCUT2D eigenvalue weighted by atomic mass is 16.5. The summed E-state index contributed by atoms with van der Waals surface area (Å²) in [7, 11) is 0. The van der Waals surface area contributed by atoms with Gasteiger partial charge in [-0.15, -0.1) is 0 Å². The summed E-state index contributed by atoms with van der Waals surface area (Å²) >= 11 is 0. The monoisotopic (exact) mass is 224 g/mol. The van der Waals surface area contributed by atoms with Gasteiger partial charge in [-0.1, -0.05) is 6.92 Å². The summed E-state index contributed by atoms with van der Waals surface area (Å²) in [6.45, 7) is 6.55. The molecule has 0 saturated carbocycles. The summed E-state index contributed by atoms with van der Waals surface area (Å²) in [5, 5.41) is 3.31. The summed E-state index contributed by atoms with van der Waals surface area (Å²) in [6, 6.07) is 2.02. The van der Waals surface area contributed by atoms with Gasteiger partial charge < -0.3 is 14.6 Å². The van der Waals surface area contributed by atoms with Gasteiger partial charge in [-0.05, 0) is 31.5 Å². The predicted octanol–water partition coefficient (Wildman–Crippen LogP) is 1.55. The van der Waals surface area contributed by atoms with Crippen LogP contribution < -0.4 is 5.32 Å². The van der Waals surface area contributed by atoms with Gasteiger partial charge >= 0.3 is 5.97 Å². The molecule has 1 aromatic heterocycles. The maximum Gasteiger partial charge on any atom is 0.325 e. The largest absolute Gasteiger partial charge is 0.465 e. The lowest BCUT2D eigenvalue weighted by molar-refractivity contribution is -0.143. The molecule has 0 aliphatic carbocycles. The predicted molar refractivity (Wildman–Crippen MR) is 63.1 cm³/mol. The van der Waals surface area contributed by atoms with E-state index in [9.17, 15) is 4.79 Å². The third-order valence-electron chi connectivity index (χ3n) is 2.18. The molecule has 0 radical (unpaired) electrons. The van der Waals surface area contributed by atoms with Crippen molar-refractivity contribution in [2.75, 3.05) is 13.2 Å². The van der Waals surface area contributed by atoms with Crippen LogP contribution in [0.25, 0.3) is 0 Å². The molecule has 0 aliphatic rings. The van der Waals surface area contributed by atoms with Crippen LogP contribution in [0.2, 0.25) is 0 Å². The molecule has 90 valence electrons. The number of carbonyl (C=O) groups excluding carboxylic acids is 1. The minimum atomic E-state index is -0.189. The number of nitrogens with zero attached hydrogens (tertiary/aromatic N) is 1. The first-order valence-electron chi connectivity index (χ1n) is 5.77. The van der Waals surface area contributed by atoms with E-state index in [-0.39, 0.29) is 5.97 Å². The lowest BCUT2D eigenvalue weighted by Crippen LogP contribution is -2.14. The summed E-state index contributed by atoms with van der Waals surface area (Å²) in [5.74, 6) is -0.189. The lowest BCUT2D eigenvalue weighted by Gasteiger charge is -2.02. The van der Waals surface area contributed by atoms with Gasteiger partial charge in [0.05, 0.1) is 6.61 Å². The molecule has 1 aromatic rings. The Hall–Kier alpha value is -1.29. The molecule has 0 atom stereocenters. The van der Waals surface area contributed by atoms with E-state index in [0.717, 1.165) is 19.5 Å². The molecule has 4 nitrogen and oxygen atoms in total. The van der Waals surface area contributed by atoms with Crippen molar-refractivity contribution < 1.29 is 9.53 Å². The van der Waals surface area contributed by atoms with Crippen LogP contribution in [0.3, 0.4) is 0 Å². The van der Waals surface area contributed by atoms with Crippen LogP contribution in [0, 0.1) is 0 Å². The summed E-state index contributed by atoms with van der Waals surface area (Å²) in [4.78, 5) is 11.2. The number of rotatable bonds is 7. The van der Waals surface area contributed by atoms with E-state index < -0.39 is 0 Å². The lowest BCUT2D eigenvalue weighted by atomic mass is 10.3. The van der Waals surface area contributed by atoms with Crippen molar-refractivity contribution in [3.63, 3.8) is 0 Å². The second kappa shape index (κ2) is 7.06. The topological polar surface area (TPSA) is 43.3 Å². The van der Waals surface area contributed by atoms with Crippen molar-refractivity contribution in [1.82, 2.24) is 9.88 Å². The minimum Gasteiger partial charge on any atom is -0.465 e. The fraction of sp³-hybridized carbons (Fsp3) is 0.583. The van der Waals surface area contributed by atoms with Gasteiger partial charge in [0.25, 0.3) is 0 Å². The molecule has 0 aliphatic heterocycles. The third kappa shape index (κ3) is 4.49. The molecule has 0 spiro atoms. The van der Waals surface area contributed by atoms with Gasteiger partial charge in [0.1, 0.15) is 6.54 Å². The average molecular weight is 224 g/mol. The Balaban J connectivity index is 2.36. The Bertz CT molecular complexity index is 321. The van der Waals surface area contributed by atoms with Crippen molar-refractivity contribution >= 4 is 5.97 Å². The Morgan fingerprint density at radius 3 is 3.00 bits per heavy atom. The molecule has 0 amide bonds. The van der Waals surface area contributed by atoms with E-state index in [2.05, 4.69) is 12.2 Å². The molecule has 1 rings (SSSR count). The second-order valence-corrected chi connectivity index (χ2v) is 3.67. The minimum absolute atomic E-state index is 0.189. The van der Waals surface area contributed by atoms with Crippen molar-refractivity contribution in [3.05, 3.63) is 24.0 Å². The highest BCUT2D eigenvalue weighted by molar-refractivity contribution is 5.69. The van der Waals surface area contributed by atoms with Crippen LogP contribution >= 0.6 is 0 Å². The first-order valence-corrected chi connectivity index (χ1v) is 5.77. The third-order valence-corrected chi connectivity index (χ3v) is 2.18. The van der Waals surface area contributed by atoms with Crippen LogP contribution in [0.1, 0.15) is 25.8 Å². The average Bonchev–Trinajstić information content (AvgIpc) is 2.66. The second-order valence-electron chi connectivity index (χ2n) is 3.67. The van der Waals surface area contributed by atoms with Crippen molar-refractivity contribution in [2.45, 2.75) is 33.4 Å². The van der Waals surface area contributed by atoms with E-state index in [1.54, 1.807) is 0 Å². The summed E-state index contributed by atoms with van der Waals surface area (Å²) < 4.78 is 6.73. The summed E-state index contributed by atoms with van der Waals surface area (Å²) in [6.07, 6.45) is 5.00. The normalized spacial score (nSPS) is 10.4. The van der Waals surface area contributed by atoms with Gasteiger partial charge in [-0.25, -0.2) is 0 Å². The SMILES string of the molecule is CCCNCc1ccn(CC(=O)OCC)c1. The maximum absolute atomic E-state index is 11.2. The zero-order chi connectivity index (χ0) is 11.8. The first-order chi connectivity index (χ1) is 7.76. The molecule has 0 saturated heterocycles. The fourth-order valence-corrected chi connectivity index (χ4v) is 1.46. The Morgan fingerprint density at radius 1 is 1.50 bits per heavy atom. The van der Waals surface area contributed by atoms with E-state index >= 15 is 0 Å². The van der Waals surface area contributed by atoms with Crippen LogP contribution in [0.4, 0.5) is 0 Å². The number of aromatic nitrogens is 1. The van der Waals surface area contributed by atoms with Crippen LogP contribution in [0.15, 0.2) is 18.5 Å². The molecule has 0 bridgehead atoms. The smallest absolute Gasteiger partial charge is 0.325 e. The molecule has 0 fully saturated rings. The fourth-order valence-electron chi connectivity index (χ4n) is 1.46. The zero-order valence-corrected chi connectivity index (χ0v) is 10.0. The Kier molecular flexibility index (Phi) is 5.64.